The van der Waals surface area contributed by atoms with Gasteiger partial charge in [0.25, 0.3) is 0 Å². The van der Waals surface area contributed by atoms with Gasteiger partial charge in [-0.3, -0.25) is 0 Å². The molecular formula is C11H11NO2. The van der Waals surface area contributed by atoms with Gasteiger partial charge in [0.05, 0.1) is 14.2 Å². The van der Waals surface area contributed by atoms with E-state index in [-0.39, 0.29) is 0 Å². The quantitative estimate of drug-likeness (QED) is 0.732. The molecule has 1 rings (SSSR count). The number of methoxy groups -OCH3 is 2. The number of ether oxygens (including phenoxy) is 2. The highest BCUT2D eigenvalue weighted by molar-refractivity contribution is 5.65. The van der Waals surface area contributed by atoms with Crippen molar-refractivity contribution in [2.24, 2.45) is 0 Å². The SMILES string of the molecule is C=Cc1ccc(OC)c(OC)c1C#N. The average Bonchev–Trinajstić information content (AvgIpc) is 2.26. The lowest BCUT2D eigenvalue weighted by molar-refractivity contribution is 0.354. The third-order valence-electron chi connectivity index (χ3n) is 1.91. The highest BCUT2D eigenvalue weighted by Gasteiger charge is 2.12. The smallest absolute Gasteiger partial charge is 0.179 e. The molecule has 0 heterocycles. The van der Waals surface area contributed by atoms with Crippen molar-refractivity contribution in [1.82, 2.24) is 0 Å². The summed E-state index contributed by atoms with van der Waals surface area (Å²) in [5, 5.41) is 8.95. The van der Waals surface area contributed by atoms with Crippen LogP contribution in [0.25, 0.3) is 6.08 Å². The molecular weight excluding hydrogens is 178 g/mol. The molecule has 0 unspecified atom stereocenters. The number of hydrogen-bond donors (Lipinski definition) is 0. The van der Waals surface area contributed by atoms with Crippen molar-refractivity contribution in [3.63, 3.8) is 0 Å². The van der Waals surface area contributed by atoms with Crippen LogP contribution in [-0.2, 0) is 0 Å². The van der Waals surface area contributed by atoms with Gasteiger partial charge in [0, 0.05) is 0 Å². The molecule has 1 aromatic carbocycles. The zero-order valence-electron chi connectivity index (χ0n) is 8.20. The molecule has 1 aromatic rings. The summed E-state index contributed by atoms with van der Waals surface area (Å²) in [5.74, 6) is 1.00. The van der Waals surface area contributed by atoms with Gasteiger partial charge in [0.2, 0.25) is 0 Å². The fourth-order valence-corrected chi connectivity index (χ4v) is 1.23. The molecule has 0 saturated heterocycles. The molecule has 3 nitrogen and oxygen atoms in total. The fraction of sp³-hybridized carbons (Fsp3) is 0.182. The minimum Gasteiger partial charge on any atom is -0.493 e. The van der Waals surface area contributed by atoms with Crippen LogP contribution in [-0.4, -0.2) is 14.2 Å². The van der Waals surface area contributed by atoms with Gasteiger partial charge in [-0.2, -0.15) is 5.26 Å². The molecule has 0 aliphatic rings. The maximum atomic E-state index is 8.95. The Hall–Kier alpha value is -1.95. The lowest BCUT2D eigenvalue weighted by Gasteiger charge is -2.10. The van der Waals surface area contributed by atoms with Gasteiger partial charge in [0.1, 0.15) is 11.6 Å². The molecule has 0 radical (unpaired) electrons. The Morgan fingerprint density at radius 3 is 2.50 bits per heavy atom. The van der Waals surface area contributed by atoms with Gasteiger partial charge in [-0.25, -0.2) is 0 Å². The largest absolute Gasteiger partial charge is 0.493 e. The van der Waals surface area contributed by atoms with Crippen molar-refractivity contribution in [2.45, 2.75) is 0 Å². The van der Waals surface area contributed by atoms with Gasteiger partial charge >= 0.3 is 0 Å². The van der Waals surface area contributed by atoms with E-state index >= 15 is 0 Å². The number of nitrogens with zero attached hydrogens (tertiary/aromatic N) is 1. The molecule has 0 atom stereocenters. The first-order valence-electron chi connectivity index (χ1n) is 4.06. The third-order valence-corrected chi connectivity index (χ3v) is 1.91. The predicted octanol–water partition coefficient (Wildman–Crippen LogP) is 2.22. The first-order valence-corrected chi connectivity index (χ1v) is 4.06. The first kappa shape index (κ1) is 10.1. The van der Waals surface area contributed by atoms with E-state index in [4.69, 9.17) is 14.7 Å². The van der Waals surface area contributed by atoms with Crippen LogP contribution in [0.15, 0.2) is 18.7 Å². The van der Waals surface area contributed by atoms with Crippen LogP contribution in [0.1, 0.15) is 11.1 Å². The van der Waals surface area contributed by atoms with Crippen molar-refractivity contribution in [2.75, 3.05) is 14.2 Å². The van der Waals surface area contributed by atoms with Gasteiger partial charge < -0.3 is 9.47 Å². The molecule has 0 aliphatic heterocycles. The topological polar surface area (TPSA) is 42.2 Å². The van der Waals surface area contributed by atoms with Gasteiger partial charge in [0.15, 0.2) is 11.5 Å². The van der Waals surface area contributed by atoms with E-state index in [1.54, 1.807) is 18.2 Å². The van der Waals surface area contributed by atoms with E-state index in [9.17, 15) is 0 Å². The van der Waals surface area contributed by atoms with Crippen LogP contribution in [0.5, 0.6) is 11.5 Å². The lowest BCUT2D eigenvalue weighted by atomic mass is 10.1. The molecule has 0 aromatic heterocycles. The van der Waals surface area contributed by atoms with Gasteiger partial charge in [-0.05, 0) is 17.7 Å². The summed E-state index contributed by atoms with van der Waals surface area (Å²) >= 11 is 0. The van der Waals surface area contributed by atoms with E-state index in [1.807, 2.05) is 0 Å². The minimum absolute atomic E-state index is 0.446. The Morgan fingerprint density at radius 1 is 1.36 bits per heavy atom. The summed E-state index contributed by atoms with van der Waals surface area (Å²) in [7, 11) is 3.04. The van der Waals surface area contributed by atoms with Crippen molar-refractivity contribution >= 4 is 6.08 Å². The van der Waals surface area contributed by atoms with E-state index in [1.165, 1.54) is 14.2 Å². The Balaban J connectivity index is 3.45. The molecule has 72 valence electrons. The monoisotopic (exact) mass is 189 g/mol. The summed E-state index contributed by atoms with van der Waals surface area (Å²) in [4.78, 5) is 0. The van der Waals surface area contributed by atoms with Crippen LogP contribution >= 0.6 is 0 Å². The predicted molar refractivity (Wildman–Crippen MR) is 54.4 cm³/mol. The number of hydrogen-bond acceptors (Lipinski definition) is 3. The van der Waals surface area contributed by atoms with E-state index in [2.05, 4.69) is 12.6 Å². The fourth-order valence-electron chi connectivity index (χ4n) is 1.23. The summed E-state index contributed by atoms with van der Waals surface area (Å²) in [6.45, 7) is 3.62. The van der Waals surface area contributed by atoms with Crippen LogP contribution in [0.4, 0.5) is 0 Å². The highest BCUT2D eigenvalue weighted by Crippen LogP contribution is 2.33. The third kappa shape index (κ3) is 1.55. The number of nitriles is 1. The zero-order valence-corrected chi connectivity index (χ0v) is 8.20. The van der Waals surface area contributed by atoms with Crippen molar-refractivity contribution in [3.05, 3.63) is 29.8 Å². The van der Waals surface area contributed by atoms with Crippen LogP contribution in [0.3, 0.4) is 0 Å². The highest BCUT2D eigenvalue weighted by atomic mass is 16.5. The average molecular weight is 189 g/mol. The Morgan fingerprint density at radius 2 is 2.07 bits per heavy atom. The van der Waals surface area contributed by atoms with Gasteiger partial charge in [-0.15, -0.1) is 0 Å². The molecule has 0 spiro atoms. The molecule has 0 amide bonds. The van der Waals surface area contributed by atoms with Crippen molar-refractivity contribution in [1.29, 1.82) is 5.26 Å². The molecule has 3 heteroatoms. The van der Waals surface area contributed by atoms with Crippen molar-refractivity contribution in [3.8, 4) is 17.6 Å². The van der Waals surface area contributed by atoms with E-state index < -0.39 is 0 Å². The summed E-state index contributed by atoms with van der Waals surface area (Å²) < 4.78 is 10.2. The van der Waals surface area contributed by atoms with Crippen LogP contribution < -0.4 is 9.47 Å². The van der Waals surface area contributed by atoms with E-state index in [0.29, 0.717) is 17.1 Å². The molecule has 0 bridgehead atoms. The second-order valence-corrected chi connectivity index (χ2v) is 2.58. The molecule has 0 saturated carbocycles. The van der Waals surface area contributed by atoms with Crippen LogP contribution in [0.2, 0.25) is 0 Å². The van der Waals surface area contributed by atoms with Gasteiger partial charge in [-0.1, -0.05) is 12.7 Å². The first-order chi connectivity index (χ1) is 6.78. The normalized spacial score (nSPS) is 8.93. The molecule has 0 fully saturated rings. The van der Waals surface area contributed by atoms with Crippen LogP contribution in [0, 0.1) is 11.3 Å². The standard InChI is InChI=1S/C11H11NO2/c1-4-8-5-6-10(13-2)11(14-3)9(8)7-12/h4-6H,1H2,2-3H3. The molecule has 14 heavy (non-hydrogen) atoms. The van der Waals surface area contributed by atoms with E-state index in [0.717, 1.165) is 5.56 Å². The molecule has 0 aliphatic carbocycles. The summed E-state index contributed by atoms with van der Waals surface area (Å²) in [6, 6.07) is 5.58. The maximum absolute atomic E-state index is 8.95. The minimum atomic E-state index is 0.446. The number of benzene rings is 1. The van der Waals surface area contributed by atoms with Crippen molar-refractivity contribution < 1.29 is 9.47 Å². The maximum Gasteiger partial charge on any atom is 0.179 e. The Bertz CT molecular complexity index is 391. The second kappa shape index (κ2) is 4.33. The lowest BCUT2D eigenvalue weighted by Crippen LogP contribution is -1.95. The Kier molecular flexibility index (Phi) is 3.14. The molecule has 0 N–H and O–H groups in total. The summed E-state index contributed by atoms with van der Waals surface area (Å²) in [6.07, 6.45) is 1.61. The number of rotatable bonds is 3. The zero-order chi connectivity index (χ0) is 10.6. The summed E-state index contributed by atoms with van der Waals surface area (Å²) in [5.41, 5.74) is 1.19. The Labute approximate surface area is 83.2 Å². The second-order valence-electron chi connectivity index (χ2n) is 2.58.